The largest absolute Gasteiger partial charge is 0.368 e. The molecule has 1 aliphatic rings. The van der Waals surface area contributed by atoms with Gasteiger partial charge in [0.15, 0.2) is 5.16 Å². The van der Waals surface area contributed by atoms with Crippen LogP contribution in [0, 0.1) is 19.7 Å². The molecule has 9 heteroatoms. The van der Waals surface area contributed by atoms with Crippen LogP contribution in [0.1, 0.15) is 11.1 Å². The number of thioether (sulfide) groups is 1. The summed E-state index contributed by atoms with van der Waals surface area (Å²) in [6.45, 7) is 7.78. The van der Waals surface area contributed by atoms with Crippen molar-refractivity contribution in [2.24, 2.45) is 0 Å². The Morgan fingerprint density at radius 3 is 2.61 bits per heavy atom. The van der Waals surface area contributed by atoms with E-state index in [9.17, 15) is 9.18 Å². The average molecular weight is 486 g/mol. The Labute approximate surface area is 202 Å². The Morgan fingerprint density at radius 1 is 1.09 bits per heavy atom. The lowest BCUT2D eigenvalue weighted by molar-refractivity contribution is -0.113. The van der Waals surface area contributed by atoms with Crippen molar-refractivity contribution in [3.63, 3.8) is 0 Å². The molecule has 0 saturated carbocycles. The Balaban J connectivity index is 1.32. The number of hydrogen-bond acceptors (Lipinski definition) is 6. The number of carbonyl (C=O) groups excluding carboxylic acids is 1. The third kappa shape index (κ3) is 5.94. The molecule has 2 aromatic carbocycles. The van der Waals surface area contributed by atoms with E-state index in [4.69, 9.17) is 11.6 Å². The number of halogens is 2. The highest BCUT2D eigenvalue weighted by molar-refractivity contribution is 7.99. The summed E-state index contributed by atoms with van der Waals surface area (Å²) >= 11 is 6.96. The van der Waals surface area contributed by atoms with Crippen LogP contribution in [0.2, 0.25) is 5.02 Å². The van der Waals surface area contributed by atoms with Crippen molar-refractivity contribution in [3.05, 3.63) is 70.6 Å². The quantitative estimate of drug-likeness (QED) is 0.394. The molecular weight excluding hydrogens is 461 g/mol. The van der Waals surface area contributed by atoms with Crippen molar-refractivity contribution >= 4 is 46.5 Å². The summed E-state index contributed by atoms with van der Waals surface area (Å²) in [7, 11) is 0. The smallest absolute Gasteiger partial charge is 0.234 e. The first-order chi connectivity index (χ1) is 15.9. The van der Waals surface area contributed by atoms with E-state index < -0.39 is 5.82 Å². The fraction of sp³-hybridized carbons (Fsp3) is 0.292. The number of hydrogen-bond donors (Lipinski definition) is 1. The van der Waals surface area contributed by atoms with Gasteiger partial charge < -0.3 is 15.1 Å². The van der Waals surface area contributed by atoms with Crippen LogP contribution in [0.5, 0.6) is 0 Å². The van der Waals surface area contributed by atoms with Gasteiger partial charge in [-0.1, -0.05) is 35.5 Å². The van der Waals surface area contributed by atoms with Crippen LogP contribution in [0.15, 0.2) is 53.8 Å². The van der Waals surface area contributed by atoms with Crippen LogP contribution in [0.25, 0.3) is 0 Å². The third-order valence-corrected chi connectivity index (χ3v) is 6.56. The highest BCUT2D eigenvalue weighted by Gasteiger charge is 2.20. The van der Waals surface area contributed by atoms with E-state index in [1.165, 1.54) is 40.7 Å². The zero-order valence-corrected chi connectivity index (χ0v) is 20.1. The third-order valence-electron chi connectivity index (χ3n) is 5.47. The monoisotopic (exact) mass is 485 g/mol. The molecule has 0 spiro atoms. The van der Waals surface area contributed by atoms with Crippen molar-refractivity contribution in [2.75, 3.05) is 47.0 Å². The second-order valence-electron chi connectivity index (χ2n) is 7.92. The summed E-state index contributed by atoms with van der Waals surface area (Å²) in [6.07, 6.45) is 1.71. The zero-order chi connectivity index (χ0) is 23.4. The van der Waals surface area contributed by atoms with Gasteiger partial charge in [-0.15, -0.1) is 0 Å². The second kappa shape index (κ2) is 10.4. The predicted molar refractivity (Wildman–Crippen MR) is 133 cm³/mol. The summed E-state index contributed by atoms with van der Waals surface area (Å²) < 4.78 is 13.9. The number of anilines is 3. The molecule has 33 heavy (non-hydrogen) atoms. The van der Waals surface area contributed by atoms with E-state index in [1.807, 2.05) is 6.07 Å². The highest BCUT2D eigenvalue weighted by Crippen LogP contribution is 2.25. The standard InChI is InChI=1S/C24H25ClFN5OS/c1-16-3-4-17(2)21(13-16)30-9-11-31(12-10-30)22-7-8-27-24(29-22)33-15-23(32)28-20-6-5-18(25)14-19(20)26/h3-8,13-14H,9-12,15H2,1-2H3,(H,28,32). The molecular formula is C24H25ClFN5OS. The highest BCUT2D eigenvalue weighted by atomic mass is 35.5. The molecule has 0 atom stereocenters. The molecule has 0 aliphatic carbocycles. The van der Waals surface area contributed by atoms with Crippen LogP contribution in [0.4, 0.5) is 21.6 Å². The predicted octanol–water partition coefficient (Wildman–Crippen LogP) is 4.94. The van der Waals surface area contributed by atoms with Gasteiger partial charge in [0.1, 0.15) is 11.6 Å². The minimum atomic E-state index is -0.570. The van der Waals surface area contributed by atoms with Crippen molar-refractivity contribution in [3.8, 4) is 0 Å². The van der Waals surface area contributed by atoms with Crippen LogP contribution in [0.3, 0.4) is 0 Å². The first kappa shape index (κ1) is 23.3. The molecule has 0 radical (unpaired) electrons. The average Bonchev–Trinajstić information content (AvgIpc) is 2.81. The van der Waals surface area contributed by atoms with Gasteiger partial charge in [-0.25, -0.2) is 14.4 Å². The topological polar surface area (TPSA) is 61.4 Å². The summed E-state index contributed by atoms with van der Waals surface area (Å²) in [5, 5.41) is 3.34. The number of amides is 1. The van der Waals surface area contributed by atoms with E-state index in [1.54, 1.807) is 6.20 Å². The van der Waals surface area contributed by atoms with Crippen molar-refractivity contribution in [2.45, 2.75) is 19.0 Å². The first-order valence-corrected chi connectivity index (χ1v) is 12.0. The molecule has 1 amide bonds. The summed E-state index contributed by atoms with van der Waals surface area (Å²) in [5.41, 5.74) is 3.93. The van der Waals surface area contributed by atoms with Gasteiger partial charge in [-0.2, -0.15) is 0 Å². The molecule has 3 aromatic rings. The molecule has 4 rings (SSSR count). The zero-order valence-electron chi connectivity index (χ0n) is 18.5. The lowest BCUT2D eigenvalue weighted by atomic mass is 10.1. The van der Waals surface area contributed by atoms with Crippen LogP contribution < -0.4 is 15.1 Å². The maximum Gasteiger partial charge on any atom is 0.234 e. The number of aryl methyl sites for hydroxylation is 2. The van der Waals surface area contributed by atoms with Crippen LogP contribution >= 0.6 is 23.4 Å². The number of nitrogens with one attached hydrogen (secondary N) is 1. The number of benzene rings is 2. The Morgan fingerprint density at radius 2 is 1.85 bits per heavy atom. The Hall–Kier alpha value is -2.84. The van der Waals surface area contributed by atoms with E-state index in [-0.39, 0.29) is 22.4 Å². The van der Waals surface area contributed by atoms with Gasteiger partial charge in [0, 0.05) is 43.1 Å². The molecule has 0 unspecified atom stereocenters. The fourth-order valence-electron chi connectivity index (χ4n) is 3.72. The SMILES string of the molecule is Cc1ccc(C)c(N2CCN(c3ccnc(SCC(=O)Nc4ccc(Cl)cc4F)n3)CC2)c1. The molecule has 1 aromatic heterocycles. The van der Waals surface area contributed by atoms with Gasteiger partial charge >= 0.3 is 0 Å². The Bertz CT molecular complexity index is 1150. The summed E-state index contributed by atoms with van der Waals surface area (Å²) in [5.74, 6) is 0.0140. The minimum Gasteiger partial charge on any atom is -0.368 e. The van der Waals surface area contributed by atoms with E-state index >= 15 is 0 Å². The molecule has 0 bridgehead atoms. The maximum absolute atomic E-state index is 13.9. The molecule has 6 nitrogen and oxygen atoms in total. The second-order valence-corrected chi connectivity index (χ2v) is 9.30. The molecule has 1 aliphatic heterocycles. The van der Waals surface area contributed by atoms with Crippen molar-refractivity contribution < 1.29 is 9.18 Å². The fourth-order valence-corrected chi connectivity index (χ4v) is 4.51. The molecule has 1 N–H and O–H groups in total. The van der Waals surface area contributed by atoms with Crippen LogP contribution in [-0.4, -0.2) is 47.8 Å². The number of piperazine rings is 1. The van der Waals surface area contributed by atoms with Gasteiger partial charge in [-0.3, -0.25) is 4.79 Å². The first-order valence-electron chi connectivity index (χ1n) is 10.7. The molecule has 1 fully saturated rings. The summed E-state index contributed by atoms with van der Waals surface area (Å²) in [6, 6.07) is 12.6. The maximum atomic E-state index is 13.9. The molecule has 172 valence electrons. The van der Waals surface area contributed by atoms with Gasteiger partial charge in [0.05, 0.1) is 11.4 Å². The van der Waals surface area contributed by atoms with Crippen molar-refractivity contribution in [1.82, 2.24) is 9.97 Å². The number of aromatic nitrogens is 2. The minimum absolute atomic E-state index is 0.0753. The molecule has 1 saturated heterocycles. The van der Waals surface area contributed by atoms with E-state index in [0.29, 0.717) is 5.16 Å². The molecule has 2 heterocycles. The lowest BCUT2D eigenvalue weighted by Gasteiger charge is -2.37. The van der Waals surface area contributed by atoms with Gasteiger partial charge in [0.25, 0.3) is 0 Å². The number of rotatable bonds is 6. The Kier molecular flexibility index (Phi) is 7.35. The lowest BCUT2D eigenvalue weighted by Crippen LogP contribution is -2.47. The van der Waals surface area contributed by atoms with Crippen molar-refractivity contribution in [1.29, 1.82) is 0 Å². The number of nitrogens with zero attached hydrogens (tertiary/aromatic N) is 4. The van der Waals surface area contributed by atoms with Gasteiger partial charge in [-0.05, 0) is 55.3 Å². The van der Waals surface area contributed by atoms with E-state index in [2.05, 4.69) is 57.1 Å². The summed E-state index contributed by atoms with van der Waals surface area (Å²) in [4.78, 5) is 25.8. The number of carbonyl (C=O) groups is 1. The van der Waals surface area contributed by atoms with Gasteiger partial charge in [0.2, 0.25) is 5.91 Å². The van der Waals surface area contributed by atoms with Crippen LogP contribution in [-0.2, 0) is 4.79 Å². The van der Waals surface area contributed by atoms with E-state index in [0.717, 1.165) is 38.1 Å². The normalized spacial score (nSPS) is 13.8.